The van der Waals surface area contributed by atoms with Crippen molar-refractivity contribution in [3.8, 4) is 0 Å². The molecule has 0 saturated carbocycles. The van der Waals surface area contributed by atoms with Crippen LogP contribution < -0.4 is 0 Å². The van der Waals surface area contributed by atoms with Gasteiger partial charge in [0.1, 0.15) is 6.61 Å². The Balaban J connectivity index is 4.18. The van der Waals surface area contributed by atoms with Gasteiger partial charge in [-0.2, -0.15) is 0 Å². The number of aliphatic hydroxyl groups is 1. The van der Waals surface area contributed by atoms with Gasteiger partial charge in [-0.15, -0.1) is 0 Å². The molecular weight excluding hydrogens is 691 g/mol. The van der Waals surface area contributed by atoms with E-state index in [1.807, 2.05) is 12.2 Å². The molecule has 10 heteroatoms. The van der Waals surface area contributed by atoms with Gasteiger partial charge in [0, 0.05) is 12.8 Å². The van der Waals surface area contributed by atoms with Crippen LogP contribution in [0.4, 0.5) is 0 Å². The molecule has 0 amide bonds. The summed E-state index contributed by atoms with van der Waals surface area (Å²) in [6.45, 7) is 3.45. The summed E-state index contributed by atoms with van der Waals surface area (Å²) in [5.74, 6) is -1.11. The van der Waals surface area contributed by atoms with Crippen molar-refractivity contribution in [2.24, 2.45) is 0 Å². The van der Waals surface area contributed by atoms with Crippen LogP contribution in [0.15, 0.2) is 72.9 Å². The maximum atomic E-state index is 12.4. The van der Waals surface area contributed by atoms with Crippen LogP contribution in [0.2, 0.25) is 0 Å². The summed E-state index contributed by atoms with van der Waals surface area (Å²) in [6.07, 6.45) is 45.1. The summed E-state index contributed by atoms with van der Waals surface area (Å²) >= 11 is 0. The van der Waals surface area contributed by atoms with Gasteiger partial charge in [0.25, 0.3) is 0 Å². The van der Waals surface area contributed by atoms with E-state index in [2.05, 4.69) is 67.0 Å². The molecule has 304 valence electrons. The maximum absolute atomic E-state index is 12.4. The smallest absolute Gasteiger partial charge is 0.462 e. The molecule has 0 aliphatic carbocycles. The number of phosphoric acid groups is 1. The van der Waals surface area contributed by atoms with Crippen LogP contribution in [-0.2, 0) is 28.2 Å². The fraction of sp³-hybridized carbons (Fsp3) is 0.674. The number of unbranched alkanes of at least 4 members (excludes halogenated alkanes) is 13. The Hall–Kier alpha value is -2.55. The zero-order valence-electron chi connectivity index (χ0n) is 33.0. The molecule has 0 aromatic rings. The first-order valence-corrected chi connectivity index (χ1v) is 21.9. The minimum Gasteiger partial charge on any atom is -0.462 e. The number of phosphoric ester groups is 1. The Labute approximate surface area is 322 Å². The Kier molecular flexibility index (Phi) is 35.9. The van der Waals surface area contributed by atoms with Crippen molar-refractivity contribution in [3.05, 3.63) is 72.9 Å². The van der Waals surface area contributed by atoms with Crippen LogP contribution in [0.5, 0.6) is 0 Å². The van der Waals surface area contributed by atoms with Crippen molar-refractivity contribution in [3.63, 3.8) is 0 Å². The van der Waals surface area contributed by atoms with Crippen molar-refractivity contribution in [1.29, 1.82) is 0 Å². The molecule has 3 N–H and O–H groups in total. The third-order valence-electron chi connectivity index (χ3n) is 8.30. The molecule has 0 saturated heterocycles. The molecule has 0 aliphatic heterocycles. The van der Waals surface area contributed by atoms with Gasteiger partial charge in [-0.05, 0) is 77.0 Å². The zero-order chi connectivity index (χ0) is 39.1. The maximum Gasteiger partial charge on any atom is 0.469 e. The lowest BCUT2D eigenvalue weighted by molar-refractivity contribution is -0.161. The Morgan fingerprint density at radius 3 is 1.68 bits per heavy atom. The molecular formula is C43H73O9P. The highest BCUT2D eigenvalue weighted by atomic mass is 31.2. The first-order chi connectivity index (χ1) is 25.7. The molecule has 0 aromatic heterocycles. The lowest BCUT2D eigenvalue weighted by Crippen LogP contribution is -2.29. The zero-order valence-corrected chi connectivity index (χ0v) is 33.9. The number of carbonyl (C=O) groups is 2. The van der Waals surface area contributed by atoms with Crippen molar-refractivity contribution in [2.45, 2.75) is 174 Å². The topological polar surface area (TPSA) is 140 Å². The highest BCUT2D eigenvalue weighted by Gasteiger charge is 2.23. The molecule has 2 atom stereocenters. The minimum atomic E-state index is -4.81. The number of rotatable bonds is 36. The van der Waals surface area contributed by atoms with Gasteiger partial charge in [-0.25, -0.2) is 4.57 Å². The quantitative estimate of drug-likeness (QED) is 0.0187. The number of hydrogen-bond donors (Lipinski definition) is 3. The van der Waals surface area contributed by atoms with Gasteiger partial charge in [-0.1, -0.05) is 145 Å². The van der Waals surface area contributed by atoms with E-state index < -0.39 is 38.6 Å². The molecule has 0 radical (unpaired) electrons. The van der Waals surface area contributed by atoms with Gasteiger partial charge >= 0.3 is 19.8 Å². The standard InChI is InChI=1S/C43H73O9P/c1-3-5-7-9-11-13-15-17-18-19-20-22-24-26-28-30-32-36-43(46)52-41(39-51-53(47,48)49)38-50-42(45)37-33-35-40(44)34-31-29-27-25-23-21-16-14-12-10-8-6-4-2/h11,13,17-18,20-23,27,29,31,34,40-41,44H,3-10,12,14-16,19,24-26,28,30,32-33,35-39H2,1-2H3,(H2,47,48,49)/b13-11-,18-17-,22-20-,23-21+,29-27+,34-31+/t40?,41-/m1/s1. The van der Waals surface area contributed by atoms with Crippen molar-refractivity contribution in [1.82, 2.24) is 0 Å². The summed E-state index contributed by atoms with van der Waals surface area (Å²) in [5, 5.41) is 10.2. The third-order valence-corrected chi connectivity index (χ3v) is 8.79. The summed E-state index contributed by atoms with van der Waals surface area (Å²) in [6, 6.07) is 0. The molecule has 1 unspecified atom stereocenters. The average molecular weight is 765 g/mol. The van der Waals surface area contributed by atoms with Crippen LogP contribution in [0.1, 0.15) is 162 Å². The number of allylic oxidation sites excluding steroid dienone is 11. The van der Waals surface area contributed by atoms with E-state index in [1.165, 1.54) is 57.8 Å². The molecule has 0 spiro atoms. The molecule has 0 fully saturated rings. The summed E-state index contributed by atoms with van der Waals surface area (Å²) in [4.78, 5) is 42.8. The molecule has 9 nitrogen and oxygen atoms in total. The van der Waals surface area contributed by atoms with E-state index in [4.69, 9.17) is 19.3 Å². The highest BCUT2D eigenvalue weighted by molar-refractivity contribution is 7.46. The van der Waals surface area contributed by atoms with E-state index >= 15 is 0 Å². The normalized spacial score (nSPS) is 13.8. The monoisotopic (exact) mass is 764 g/mol. The predicted molar refractivity (Wildman–Crippen MR) is 217 cm³/mol. The van der Waals surface area contributed by atoms with E-state index in [0.717, 1.165) is 57.8 Å². The molecule has 0 heterocycles. The van der Waals surface area contributed by atoms with Crippen molar-refractivity contribution >= 4 is 19.8 Å². The van der Waals surface area contributed by atoms with Gasteiger partial charge in [0.2, 0.25) is 0 Å². The van der Waals surface area contributed by atoms with Crippen molar-refractivity contribution < 1.29 is 43.0 Å². The second-order valence-corrected chi connectivity index (χ2v) is 14.7. The number of esters is 2. The lowest BCUT2D eigenvalue weighted by atomic mass is 10.1. The summed E-state index contributed by atoms with van der Waals surface area (Å²) < 4.78 is 26.2. The third kappa shape index (κ3) is 40.5. The lowest BCUT2D eigenvalue weighted by Gasteiger charge is -2.18. The number of hydrogen-bond acceptors (Lipinski definition) is 7. The van der Waals surface area contributed by atoms with Gasteiger partial charge in [0.05, 0.1) is 12.7 Å². The fourth-order valence-electron chi connectivity index (χ4n) is 5.21. The predicted octanol–water partition coefficient (Wildman–Crippen LogP) is 11.3. The molecule has 0 aromatic carbocycles. The minimum absolute atomic E-state index is 0.0346. The van der Waals surface area contributed by atoms with Gasteiger partial charge in [0.15, 0.2) is 6.10 Å². The van der Waals surface area contributed by atoms with E-state index in [-0.39, 0.29) is 19.4 Å². The second-order valence-electron chi connectivity index (χ2n) is 13.5. The fourth-order valence-corrected chi connectivity index (χ4v) is 5.57. The largest absolute Gasteiger partial charge is 0.469 e. The average Bonchev–Trinajstić information content (AvgIpc) is 3.12. The molecule has 53 heavy (non-hydrogen) atoms. The number of carbonyl (C=O) groups excluding carboxylic acids is 2. The van der Waals surface area contributed by atoms with E-state index in [9.17, 15) is 19.3 Å². The SMILES string of the molecule is CCCCC/C=C\C/C=C\C/C=C\CCCCCCC(=O)O[C@H](COC(=O)CCCC(O)/C=C/C=C/C/C=C/CCCCCCCC)COP(=O)(O)O. The van der Waals surface area contributed by atoms with Gasteiger partial charge in [-0.3, -0.25) is 14.1 Å². The van der Waals surface area contributed by atoms with Crippen molar-refractivity contribution in [2.75, 3.05) is 13.2 Å². The summed E-state index contributed by atoms with van der Waals surface area (Å²) in [7, 11) is -4.81. The van der Waals surface area contributed by atoms with E-state index in [0.29, 0.717) is 19.3 Å². The highest BCUT2D eigenvalue weighted by Crippen LogP contribution is 2.36. The first-order valence-electron chi connectivity index (χ1n) is 20.3. The molecule has 0 rings (SSSR count). The van der Waals surface area contributed by atoms with Crippen LogP contribution in [-0.4, -0.2) is 52.3 Å². The van der Waals surface area contributed by atoms with Crippen LogP contribution in [0, 0.1) is 0 Å². The Bertz CT molecular complexity index is 1100. The Morgan fingerprint density at radius 1 is 0.585 bits per heavy atom. The molecule has 0 bridgehead atoms. The number of ether oxygens (including phenoxy) is 2. The van der Waals surface area contributed by atoms with Gasteiger partial charge < -0.3 is 24.4 Å². The van der Waals surface area contributed by atoms with Crippen LogP contribution >= 0.6 is 7.82 Å². The van der Waals surface area contributed by atoms with Crippen LogP contribution in [0.3, 0.4) is 0 Å². The summed E-state index contributed by atoms with van der Waals surface area (Å²) in [5.41, 5.74) is 0. The Morgan fingerprint density at radius 2 is 1.08 bits per heavy atom. The van der Waals surface area contributed by atoms with Crippen LogP contribution in [0.25, 0.3) is 0 Å². The van der Waals surface area contributed by atoms with E-state index in [1.54, 1.807) is 12.2 Å². The number of aliphatic hydroxyl groups excluding tert-OH is 1. The first kappa shape index (κ1) is 50.5. The second kappa shape index (κ2) is 37.8. The molecule has 0 aliphatic rings.